The summed E-state index contributed by atoms with van der Waals surface area (Å²) in [7, 11) is 1.59. The summed E-state index contributed by atoms with van der Waals surface area (Å²) in [5.41, 5.74) is 0.940. The van der Waals surface area contributed by atoms with Crippen LogP contribution in [0.2, 0.25) is 5.02 Å². The van der Waals surface area contributed by atoms with Crippen molar-refractivity contribution in [3.05, 3.63) is 58.6 Å². The first kappa shape index (κ1) is 20.3. The average Bonchev–Trinajstić information content (AvgIpc) is 2.61. The number of nitrogens with zero attached hydrogens (tertiary/aromatic N) is 1. The molecule has 0 bridgehead atoms. The van der Waals surface area contributed by atoms with Gasteiger partial charge in [-0.2, -0.15) is 0 Å². The third-order valence-electron chi connectivity index (χ3n) is 3.65. The highest BCUT2D eigenvalue weighted by atomic mass is 35.5. The predicted octanol–water partition coefficient (Wildman–Crippen LogP) is 3.29. The summed E-state index contributed by atoms with van der Waals surface area (Å²) in [4.78, 5) is 37.0. The maximum atomic E-state index is 12.3. The lowest BCUT2D eigenvalue weighted by atomic mass is 10.1. The minimum atomic E-state index is -1.18. The molecule has 27 heavy (non-hydrogen) atoms. The summed E-state index contributed by atoms with van der Waals surface area (Å²) in [5.74, 6) is -2.06. The molecule has 2 rings (SSSR count). The van der Waals surface area contributed by atoms with E-state index in [1.165, 1.54) is 23.1 Å². The Morgan fingerprint density at radius 2 is 1.93 bits per heavy atom. The minimum Gasteiger partial charge on any atom is -0.478 e. The number of carbonyl (C=O) groups is 3. The smallest absolute Gasteiger partial charge is 0.337 e. The molecule has 0 fully saturated rings. The van der Waals surface area contributed by atoms with E-state index in [1.54, 1.807) is 38.2 Å². The number of halogens is 1. The van der Waals surface area contributed by atoms with Crippen LogP contribution in [0.3, 0.4) is 0 Å². The molecule has 2 N–H and O–H groups in total. The number of carboxylic acids is 1. The van der Waals surface area contributed by atoms with E-state index in [0.717, 1.165) is 0 Å². The van der Waals surface area contributed by atoms with Crippen LogP contribution in [0.4, 0.5) is 11.4 Å². The number of esters is 1. The fourth-order valence-corrected chi connectivity index (χ4v) is 2.63. The molecule has 0 atom stereocenters. The van der Waals surface area contributed by atoms with Crippen molar-refractivity contribution >= 4 is 40.8 Å². The molecule has 2 aromatic rings. The number of anilines is 2. The molecular weight excluding hydrogens is 372 g/mol. The first-order valence-electron chi connectivity index (χ1n) is 8.12. The Morgan fingerprint density at radius 1 is 1.19 bits per heavy atom. The molecular formula is C19H19ClN2O5. The summed E-state index contributed by atoms with van der Waals surface area (Å²) in [6.45, 7) is 1.84. The van der Waals surface area contributed by atoms with Crippen LogP contribution in [0.25, 0.3) is 0 Å². The Kier molecular flexibility index (Phi) is 6.79. The number of aromatic carboxylic acids is 1. The highest BCUT2D eigenvalue weighted by Crippen LogP contribution is 2.24. The van der Waals surface area contributed by atoms with E-state index in [9.17, 15) is 19.5 Å². The van der Waals surface area contributed by atoms with Crippen LogP contribution in [-0.2, 0) is 9.53 Å². The first-order valence-corrected chi connectivity index (χ1v) is 8.50. The number of carboxylic acid groups (broad SMARTS) is 1. The Morgan fingerprint density at radius 3 is 2.56 bits per heavy atom. The predicted molar refractivity (Wildman–Crippen MR) is 103 cm³/mol. The van der Waals surface area contributed by atoms with Crippen LogP contribution in [0, 0.1) is 0 Å². The first-order chi connectivity index (χ1) is 12.8. The van der Waals surface area contributed by atoms with E-state index in [4.69, 9.17) is 16.3 Å². The molecule has 0 aromatic heterocycles. The van der Waals surface area contributed by atoms with Gasteiger partial charge in [-0.05, 0) is 43.3 Å². The molecule has 0 aliphatic carbocycles. The summed E-state index contributed by atoms with van der Waals surface area (Å²) >= 11 is 5.88. The molecule has 0 radical (unpaired) electrons. The number of hydrogen-bond acceptors (Lipinski definition) is 5. The molecule has 0 saturated heterocycles. The molecule has 0 unspecified atom stereocenters. The minimum absolute atomic E-state index is 0.0503. The summed E-state index contributed by atoms with van der Waals surface area (Å²) < 4.78 is 4.87. The maximum absolute atomic E-state index is 12.3. The van der Waals surface area contributed by atoms with Crippen molar-refractivity contribution in [3.8, 4) is 0 Å². The van der Waals surface area contributed by atoms with Crippen molar-refractivity contribution < 1.29 is 24.2 Å². The third kappa shape index (κ3) is 5.46. The second-order valence-electron chi connectivity index (χ2n) is 5.66. The van der Waals surface area contributed by atoms with E-state index in [2.05, 4.69) is 5.32 Å². The van der Waals surface area contributed by atoms with Gasteiger partial charge in [0.25, 0.3) is 5.91 Å². The van der Waals surface area contributed by atoms with Gasteiger partial charge in [-0.3, -0.25) is 9.59 Å². The zero-order chi connectivity index (χ0) is 20.0. The van der Waals surface area contributed by atoms with Gasteiger partial charge in [0.05, 0.1) is 17.9 Å². The van der Waals surface area contributed by atoms with Gasteiger partial charge in [-0.15, -0.1) is 0 Å². The molecule has 0 saturated carbocycles. The zero-order valence-electron chi connectivity index (χ0n) is 14.9. The van der Waals surface area contributed by atoms with Crippen LogP contribution in [0.5, 0.6) is 0 Å². The summed E-state index contributed by atoms with van der Waals surface area (Å²) in [6, 6.07) is 10.8. The van der Waals surface area contributed by atoms with Crippen LogP contribution in [0.1, 0.15) is 27.6 Å². The summed E-state index contributed by atoms with van der Waals surface area (Å²) in [6.07, 6.45) is 0. The lowest BCUT2D eigenvalue weighted by molar-refractivity contribution is -0.141. The van der Waals surface area contributed by atoms with Gasteiger partial charge in [-0.25, -0.2) is 4.79 Å². The molecule has 0 spiro atoms. The monoisotopic (exact) mass is 390 g/mol. The molecule has 7 nitrogen and oxygen atoms in total. The molecule has 1 amide bonds. The number of amides is 1. The van der Waals surface area contributed by atoms with Crippen molar-refractivity contribution in [2.45, 2.75) is 6.92 Å². The van der Waals surface area contributed by atoms with Crippen molar-refractivity contribution in [1.82, 2.24) is 0 Å². The Bertz CT molecular complexity index is 869. The van der Waals surface area contributed by atoms with Crippen molar-refractivity contribution in [1.29, 1.82) is 0 Å². The Balaban J connectivity index is 2.23. The Hall–Kier alpha value is -3.06. The lowest BCUT2D eigenvalue weighted by Gasteiger charge is -2.21. The van der Waals surface area contributed by atoms with Gasteiger partial charge < -0.3 is 20.1 Å². The van der Waals surface area contributed by atoms with Crippen molar-refractivity contribution in [2.75, 3.05) is 30.4 Å². The average molecular weight is 391 g/mol. The normalized spacial score (nSPS) is 10.2. The van der Waals surface area contributed by atoms with Gasteiger partial charge in [0.1, 0.15) is 6.54 Å². The van der Waals surface area contributed by atoms with Crippen LogP contribution >= 0.6 is 11.6 Å². The van der Waals surface area contributed by atoms with Crippen LogP contribution < -0.4 is 10.2 Å². The topological polar surface area (TPSA) is 95.9 Å². The van der Waals surface area contributed by atoms with E-state index < -0.39 is 17.8 Å². The van der Waals surface area contributed by atoms with Gasteiger partial charge in [-0.1, -0.05) is 17.7 Å². The molecule has 8 heteroatoms. The van der Waals surface area contributed by atoms with Gasteiger partial charge in [0.15, 0.2) is 0 Å². The lowest BCUT2D eigenvalue weighted by Crippen LogP contribution is -2.28. The van der Waals surface area contributed by atoms with E-state index in [0.29, 0.717) is 22.0 Å². The second-order valence-corrected chi connectivity index (χ2v) is 6.10. The second kappa shape index (κ2) is 9.05. The number of likely N-dealkylation sites (N-methyl/N-ethyl adjacent to an activating group) is 1. The van der Waals surface area contributed by atoms with E-state index >= 15 is 0 Å². The molecule has 0 heterocycles. The molecule has 0 aliphatic heterocycles. The quantitative estimate of drug-likeness (QED) is 0.704. The van der Waals surface area contributed by atoms with Crippen LogP contribution in [-0.4, -0.2) is 43.2 Å². The third-order valence-corrected chi connectivity index (χ3v) is 3.89. The number of ether oxygens (including phenoxy) is 1. The fraction of sp³-hybridized carbons (Fsp3) is 0.211. The van der Waals surface area contributed by atoms with Crippen molar-refractivity contribution in [3.63, 3.8) is 0 Å². The number of rotatable bonds is 7. The highest BCUT2D eigenvalue weighted by Gasteiger charge is 2.18. The van der Waals surface area contributed by atoms with Gasteiger partial charge in [0.2, 0.25) is 0 Å². The fourth-order valence-electron chi connectivity index (χ4n) is 2.44. The zero-order valence-corrected chi connectivity index (χ0v) is 15.6. The van der Waals surface area contributed by atoms with Crippen molar-refractivity contribution in [2.24, 2.45) is 0 Å². The molecule has 0 aliphatic rings. The summed E-state index contributed by atoms with van der Waals surface area (Å²) in [5, 5.41) is 12.5. The SMILES string of the molecule is CCOC(=O)CN(C)c1ccc(NC(=O)c2cccc(Cl)c2)cc1C(=O)O. The number of benzene rings is 2. The largest absolute Gasteiger partial charge is 0.478 e. The number of nitrogens with one attached hydrogen (secondary N) is 1. The van der Waals surface area contributed by atoms with Gasteiger partial charge >= 0.3 is 11.9 Å². The van der Waals surface area contributed by atoms with Crippen LogP contribution in [0.15, 0.2) is 42.5 Å². The standard InChI is InChI=1S/C19H19ClN2O5/c1-3-27-17(23)11-22(2)16-8-7-14(10-15(16)19(25)26)21-18(24)12-5-4-6-13(20)9-12/h4-10H,3,11H2,1-2H3,(H,21,24)(H,25,26). The van der Waals surface area contributed by atoms with E-state index in [-0.39, 0.29) is 18.7 Å². The maximum Gasteiger partial charge on any atom is 0.337 e. The van der Waals surface area contributed by atoms with Gasteiger partial charge in [0, 0.05) is 23.3 Å². The number of carbonyl (C=O) groups excluding carboxylic acids is 2. The van der Waals surface area contributed by atoms with E-state index in [1.807, 2.05) is 0 Å². The number of hydrogen-bond donors (Lipinski definition) is 2. The Labute approximate surface area is 161 Å². The molecule has 2 aromatic carbocycles. The molecule has 142 valence electrons. The highest BCUT2D eigenvalue weighted by molar-refractivity contribution is 6.31.